The molecule has 0 aliphatic heterocycles. The van der Waals surface area contributed by atoms with Gasteiger partial charge >= 0.3 is 0 Å². The molecule has 0 bridgehead atoms. The zero-order valence-corrected chi connectivity index (χ0v) is 11.2. The number of halogens is 1. The lowest BCUT2D eigenvalue weighted by atomic mass is 10.2. The molecule has 1 amide bonds. The number of carbonyl (C=O) groups is 1. The molecule has 0 aromatic heterocycles. The van der Waals surface area contributed by atoms with Gasteiger partial charge in [-0.1, -0.05) is 23.4 Å². The minimum Gasteiger partial charge on any atom is -0.325 e. The second-order valence-corrected chi connectivity index (χ2v) is 4.39. The maximum absolute atomic E-state index is 11.6. The van der Waals surface area contributed by atoms with Gasteiger partial charge in [-0.05, 0) is 32.3 Å². The first-order valence-corrected chi connectivity index (χ1v) is 5.84. The molecule has 4 nitrogen and oxygen atoms in total. The summed E-state index contributed by atoms with van der Waals surface area (Å²) in [6.45, 7) is 0.597. The number of amides is 1. The van der Waals surface area contributed by atoms with Crippen LogP contribution in [0.5, 0.6) is 0 Å². The number of benzene rings is 1. The zero-order valence-electron chi connectivity index (χ0n) is 10.5. The first-order valence-electron chi connectivity index (χ1n) is 5.46. The van der Waals surface area contributed by atoms with Crippen molar-refractivity contribution in [2.24, 2.45) is 5.73 Å². The van der Waals surface area contributed by atoms with Crippen LogP contribution in [0.1, 0.15) is 5.56 Å². The Morgan fingerprint density at radius 2 is 2.22 bits per heavy atom. The molecule has 0 fully saturated rings. The third-order valence-corrected chi connectivity index (χ3v) is 2.36. The zero-order chi connectivity index (χ0) is 13.5. The second-order valence-electron chi connectivity index (χ2n) is 3.99. The molecular weight excluding hydrogens is 250 g/mol. The summed E-state index contributed by atoms with van der Waals surface area (Å²) >= 11 is 5.99. The molecule has 1 aromatic rings. The Kier molecular flexibility index (Phi) is 5.66. The molecule has 0 aliphatic rings. The van der Waals surface area contributed by atoms with Crippen molar-refractivity contribution in [1.82, 2.24) is 4.90 Å². The third-order valence-electron chi connectivity index (χ3n) is 2.04. The lowest BCUT2D eigenvalue weighted by molar-refractivity contribution is -0.116. The fourth-order valence-corrected chi connectivity index (χ4v) is 1.50. The van der Waals surface area contributed by atoms with Gasteiger partial charge in [0.05, 0.1) is 18.1 Å². The van der Waals surface area contributed by atoms with E-state index in [0.29, 0.717) is 22.8 Å². The van der Waals surface area contributed by atoms with Gasteiger partial charge in [0, 0.05) is 11.3 Å². The van der Waals surface area contributed by atoms with Gasteiger partial charge in [0.25, 0.3) is 0 Å². The highest BCUT2D eigenvalue weighted by atomic mass is 35.5. The van der Waals surface area contributed by atoms with Crippen LogP contribution in [0.15, 0.2) is 18.2 Å². The Labute approximate surface area is 112 Å². The lowest BCUT2D eigenvalue weighted by Crippen LogP contribution is -2.27. The minimum atomic E-state index is -0.0833. The summed E-state index contributed by atoms with van der Waals surface area (Å²) < 4.78 is 0. The Morgan fingerprint density at radius 3 is 2.83 bits per heavy atom. The molecule has 0 saturated heterocycles. The normalized spacial score (nSPS) is 9.83. The molecule has 0 atom stereocenters. The van der Waals surface area contributed by atoms with Crippen LogP contribution in [0.3, 0.4) is 0 Å². The van der Waals surface area contributed by atoms with Crippen molar-refractivity contribution in [3.63, 3.8) is 0 Å². The van der Waals surface area contributed by atoms with Crippen molar-refractivity contribution in [2.75, 3.05) is 32.5 Å². The van der Waals surface area contributed by atoms with E-state index in [-0.39, 0.29) is 12.5 Å². The van der Waals surface area contributed by atoms with E-state index < -0.39 is 0 Å². The van der Waals surface area contributed by atoms with E-state index in [1.54, 1.807) is 23.1 Å². The Balaban J connectivity index is 2.82. The number of carbonyl (C=O) groups excluding carboxylic acids is 1. The first kappa shape index (κ1) is 14.5. The van der Waals surface area contributed by atoms with Crippen molar-refractivity contribution >= 4 is 23.2 Å². The summed E-state index contributed by atoms with van der Waals surface area (Å²) in [4.78, 5) is 13.4. The maximum atomic E-state index is 11.6. The van der Waals surface area contributed by atoms with E-state index in [4.69, 9.17) is 17.3 Å². The molecule has 0 radical (unpaired) electrons. The molecule has 3 N–H and O–H groups in total. The van der Waals surface area contributed by atoms with Gasteiger partial charge in [0.2, 0.25) is 5.91 Å². The van der Waals surface area contributed by atoms with E-state index >= 15 is 0 Å². The maximum Gasteiger partial charge on any atom is 0.238 e. The quantitative estimate of drug-likeness (QED) is 0.806. The first-order chi connectivity index (χ1) is 8.52. The summed E-state index contributed by atoms with van der Waals surface area (Å²) in [6, 6.07) is 5.18. The number of nitrogens with two attached hydrogens (primary N) is 1. The Hall–Kier alpha value is -1.54. The average Bonchev–Trinajstić information content (AvgIpc) is 2.28. The second kappa shape index (κ2) is 7.02. The topological polar surface area (TPSA) is 58.4 Å². The number of hydrogen-bond donors (Lipinski definition) is 2. The van der Waals surface area contributed by atoms with Crippen molar-refractivity contribution in [2.45, 2.75) is 0 Å². The van der Waals surface area contributed by atoms with Gasteiger partial charge in [-0.25, -0.2) is 0 Å². The Bertz CT molecular complexity index is 489. The molecule has 0 heterocycles. The predicted molar refractivity (Wildman–Crippen MR) is 74.6 cm³/mol. The van der Waals surface area contributed by atoms with Crippen LogP contribution < -0.4 is 11.1 Å². The predicted octanol–water partition coefficient (Wildman–Crippen LogP) is 1.15. The molecular formula is C13H16ClN3O. The number of anilines is 1. The standard InChI is InChI=1S/C13H16ClN3O/c1-17(2)9-13(18)16-11-5-6-12(14)10(8-11)4-3-7-15/h5-6,8H,7,9,15H2,1-2H3,(H,16,18). The highest BCUT2D eigenvalue weighted by Gasteiger charge is 2.05. The SMILES string of the molecule is CN(C)CC(=O)Nc1ccc(Cl)c(C#CCN)c1. The highest BCUT2D eigenvalue weighted by molar-refractivity contribution is 6.31. The third kappa shape index (κ3) is 4.76. The van der Waals surface area contributed by atoms with Gasteiger partial charge in [-0.15, -0.1) is 0 Å². The van der Waals surface area contributed by atoms with E-state index in [1.807, 2.05) is 14.1 Å². The fourth-order valence-electron chi connectivity index (χ4n) is 1.33. The van der Waals surface area contributed by atoms with Crippen LogP contribution in [0.25, 0.3) is 0 Å². The van der Waals surface area contributed by atoms with E-state index in [9.17, 15) is 4.79 Å². The van der Waals surface area contributed by atoms with Crippen LogP contribution in [0.2, 0.25) is 5.02 Å². The van der Waals surface area contributed by atoms with Crippen molar-refractivity contribution < 1.29 is 4.79 Å². The fraction of sp³-hybridized carbons (Fsp3) is 0.308. The number of nitrogens with one attached hydrogen (secondary N) is 1. The van der Waals surface area contributed by atoms with E-state index in [0.717, 1.165) is 0 Å². The number of nitrogens with zero attached hydrogens (tertiary/aromatic N) is 1. The Morgan fingerprint density at radius 1 is 1.50 bits per heavy atom. The molecule has 0 aliphatic carbocycles. The summed E-state index contributed by atoms with van der Waals surface area (Å²) in [5.74, 6) is 5.51. The van der Waals surface area contributed by atoms with E-state index in [2.05, 4.69) is 17.2 Å². The van der Waals surface area contributed by atoms with Gasteiger partial charge in [-0.2, -0.15) is 0 Å². The summed E-state index contributed by atoms with van der Waals surface area (Å²) in [5.41, 5.74) is 6.64. The van der Waals surface area contributed by atoms with Crippen molar-refractivity contribution in [1.29, 1.82) is 0 Å². The summed E-state index contributed by atoms with van der Waals surface area (Å²) in [7, 11) is 3.67. The highest BCUT2D eigenvalue weighted by Crippen LogP contribution is 2.19. The van der Waals surface area contributed by atoms with Crippen LogP contribution in [0.4, 0.5) is 5.69 Å². The van der Waals surface area contributed by atoms with Gasteiger partial charge in [-0.3, -0.25) is 4.79 Å². The summed E-state index contributed by atoms with van der Waals surface area (Å²) in [6.07, 6.45) is 0. The molecule has 18 heavy (non-hydrogen) atoms. The smallest absolute Gasteiger partial charge is 0.238 e. The molecule has 0 saturated carbocycles. The van der Waals surface area contributed by atoms with Crippen LogP contribution in [-0.2, 0) is 4.79 Å². The van der Waals surface area contributed by atoms with Crippen LogP contribution in [0, 0.1) is 11.8 Å². The monoisotopic (exact) mass is 265 g/mol. The lowest BCUT2D eigenvalue weighted by Gasteiger charge is -2.10. The number of hydrogen-bond acceptors (Lipinski definition) is 3. The summed E-state index contributed by atoms with van der Waals surface area (Å²) in [5, 5.41) is 3.32. The largest absolute Gasteiger partial charge is 0.325 e. The molecule has 0 spiro atoms. The van der Waals surface area contributed by atoms with Crippen molar-refractivity contribution in [3.8, 4) is 11.8 Å². The van der Waals surface area contributed by atoms with Crippen LogP contribution >= 0.6 is 11.6 Å². The van der Waals surface area contributed by atoms with Gasteiger partial charge in [0.15, 0.2) is 0 Å². The van der Waals surface area contributed by atoms with Gasteiger partial charge < -0.3 is 16.0 Å². The molecule has 1 aromatic carbocycles. The van der Waals surface area contributed by atoms with Gasteiger partial charge in [0.1, 0.15) is 0 Å². The number of likely N-dealkylation sites (N-methyl/N-ethyl adjacent to an activating group) is 1. The molecule has 1 rings (SSSR count). The van der Waals surface area contributed by atoms with Crippen molar-refractivity contribution in [3.05, 3.63) is 28.8 Å². The molecule has 96 valence electrons. The minimum absolute atomic E-state index is 0.0833. The molecule has 5 heteroatoms. The molecule has 0 unspecified atom stereocenters. The average molecular weight is 266 g/mol. The number of rotatable bonds is 3. The van der Waals surface area contributed by atoms with Crippen LogP contribution in [-0.4, -0.2) is 38.0 Å². The van der Waals surface area contributed by atoms with E-state index in [1.165, 1.54) is 0 Å².